The summed E-state index contributed by atoms with van der Waals surface area (Å²) in [5.74, 6) is 0. The third kappa shape index (κ3) is 5.00. The quantitative estimate of drug-likeness (QED) is 0.209. The molecule has 5 aromatic rings. The maximum absolute atomic E-state index is 2.51. The number of hydrogen-bond donors (Lipinski definition) is 0. The van der Waals surface area contributed by atoms with E-state index in [4.69, 9.17) is 0 Å². The van der Waals surface area contributed by atoms with Crippen LogP contribution in [0.2, 0.25) is 13.1 Å². The van der Waals surface area contributed by atoms with Crippen LogP contribution >= 0.6 is 0 Å². The van der Waals surface area contributed by atoms with Gasteiger partial charge in [0.05, 0.1) is 8.07 Å². The van der Waals surface area contributed by atoms with E-state index in [0.717, 1.165) is 5.54 Å². The van der Waals surface area contributed by atoms with Gasteiger partial charge in [0.2, 0.25) is 0 Å². The van der Waals surface area contributed by atoms with Crippen LogP contribution in [0.4, 0.5) is 0 Å². The van der Waals surface area contributed by atoms with Gasteiger partial charge in [-0.2, -0.15) is 6.07 Å². The van der Waals surface area contributed by atoms with Crippen LogP contribution in [0.3, 0.4) is 0 Å². The summed E-state index contributed by atoms with van der Waals surface area (Å²) >= 11 is 0. The number of rotatable bonds is 2. The van der Waals surface area contributed by atoms with E-state index in [2.05, 4.69) is 136 Å². The minimum atomic E-state index is -1.12. The van der Waals surface area contributed by atoms with Crippen LogP contribution in [-0.2, 0) is 26.2 Å². The minimum absolute atomic E-state index is 0. The first-order chi connectivity index (χ1) is 16.8. The van der Waals surface area contributed by atoms with Gasteiger partial charge in [-0.3, -0.25) is 0 Å². The molecule has 0 saturated carbocycles. The van der Waals surface area contributed by atoms with E-state index in [-0.39, 0.29) is 51.0 Å². The van der Waals surface area contributed by atoms with Gasteiger partial charge in [-0.15, -0.1) is 34.5 Å². The van der Waals surface area contributed by atoms with Crippen molar-refractivity contribution in [1.29, 1.82) is 0 Å². The van der Waals surface area contributed by atoms with Crippen LogP contribution in [0.25, 0.3) is 32.8 Å². The second kappa shape index (κ2) is 11.6. The Morgan fingerprint density at radius 2 is 1.45 bits per heavy atom. The number of aromatic nitrogens is 1. The van der Waals surface area contributed by atoms with Crippen molar-refractivity contribution < 1.29 is 51.0 Å². The average Bonchev–Trinajstić information content (AvgIpc) is 3.55. The normalized spacial score (nSPS) is 15.8. The molecule has 0 N–H and O–H groups in total. The molecule has 3 aliphatic rings. The zero-order valence-electron chi connectivity index (χ0n) is 22.5. The van der Waals surface area contributed by atoms with Crippen LogP contribution in [-0.4, -0.2) is 12.6 Å². The summed E-state index contributed by atoms with van der Waals surface area (Å²) in [7, 11) is -1.12. The number of hydrogen-bond acceptors (Lipinski definition) is 0. The van der Waals surface area contributed by atoms with E-state index in [1.165, 1.54) is 44.3 Å². The number of allylic oxidation sites excluding steroid dienone is 1. The van der Waals surface area contributed by atoms with Gasteiger partial charge in [-0.05, 0) is 42.7 Å². The molecule has 1 aromatic heterocycles. The van der Waals surface area contributed by atoms with E-state index < -0.39 is 8.07 Å². The molecule has 0 spiro atoms. The van der Waals surface area contributed by atoms with Crippen LogP contribution < -0.4 is 24.8 Å². The molecule has 1 atom stereocenters. The molecule has 0 fully saturated rings. The maximum Gasteiger partial charge on any atom is 3.00 e. The first kappa shape index (κ1) is 30.5. The van der Waals surface area contributed by atoms with E-state index in [1.807, 2.05) is 0 Å². The molecule has 2 aliphatic heterocycles. The molecule has 1 nitrogen and oxygen atoms in total. The predicted molar refractivity (Wildman–Crippen MR) is 153 cm³/mol. The van der Waals surface area contributed by atoms with Gasteiger partial charge in [0, 0.05) is 23.6 Å². The Balaban J connectivity index is 0.000000195. The zero-order valence-corrected chi connectivity index (χ0v) is 27.5. The number of aryl methyl sites for hydroxylation is 2. The van der Waals surface area contributed by atoms with E-state index in [1.54, 1.807) is 16.3 Å². The summed E-state index contributed by atoms with van der Waals surface area (Å²) in [5, 5.41) is 4.41. The molecule has 0 saturated heterocycles. The van der Waals surface area contributed by atoms with Crippen LogP contribution in [0.5, 0.6) is 0 Å². The third-order valence-corrected chi connectivity index (χ3v) is 12.1. The van der Waals surface area contributed by atoms with Gasteiger partial charge in [-0.25, -0.2) is 0 Å². The Morgan fingerprint density at radius 3 is 2.08 bits per heavy atom. The summed E-state index contributed by atoms with van der Waals surface area (Å²) in [6.45, 7) is 11.6. The second-order valence-electron chi connectivity index (χ2n) is 10.8. The number of halogens is 2. The summed E-state index contributed by atoms with van der Waals surface area (Å²) < 4.78 is 2.29. The van der Waals surface area contributed by atoms with Crippen molar-refractivity contribution in [2.75, 3.05) is 0 Å². The Morgan fingerprint density at radius 1 is 0.763 bits per heavy atom. The summed E-state index contributed by atoms with van der Waals surface area (Å²) in [6.07, 6.45) is 4.69. The van der Waals surface area contributed by atoms with E-state index in [9.17, 15) is 0 Å². The van der Waals surface area contributed by atoms with Crippen molar-refractivity contribution in [3.8, 4) is 16.8 Å². The van der Waals surface area contributed by atoms with Crippen LogP contribution in [0, 0.1) is 13.8 Å². The van der Waals surface area contributed by atoms with Crippen molar-refractivity contribution in [3.63, 3.8) is 0 Å². The predicted octanol–water partition coefficient (Wildman–Crippen LogP) is 3.00. The van der Waals surface area contributed by atoms with Gasteiger partial charge in [0.15, 0.2) is 0 Å². The maximum atomic E-state index is 2.51. The summed E-state index contributed by atoms with van der Waals surface area (Å²) in [5.41, 5.74) is 12.1. The Labute approximate surface area is 259 Å². The molecule has 5 heteroatoms. The molecule has 38 heavy (non-hydrogen) atoms. The van der Waals surface area contributed by atoms with Crippen molar-refractivity contribution >= 4 is 24.0 Å². The largest absolute Gasteiger partial charge is 3.00 e. The monoisotopic (exact) mass is 630 g/mol. The molecule has 1 radical (unpaired) electrons. The fourth-order valence-corrected chi connectivity index (χ4v) is 10.8. The number of benzene rings is 3. The van der Waals surface area contributed by atoms with E-state index >= 15 is 0 Å². The Bertz CT molecular complexity index is 1590. The smallest absolute Gasteiger partial charge is 1.00 e. The fraction of sp³-hybridized carbons (Fsp3) is 0.182. The molecule has 0 amide bonds. The summed E-state index contributed by atoms with van der Waals surface area (Å²) in [4.78, 5) is 0. The molecule has 1 aliphatic carbocycles. The van der Waals surface area contributed by atoms with E-state index in [0.29, 0.717) is 0 Å². The Kier molecular flexibility index (Phi) is 9.32. The molecule has 1 unspecified atom stereocenters. The van der Waals surface area contributed by atoms with Crippen molar-refractivity contribution in [2.24, 2.45) is 0 Å². The third-order valence-electron chi connectivity index (χ3n) is 7.94. The molecular formula is C33H32Cl2NSiZr. The SMILES string of the molecule is CC1=C2c3cn(-c4ccccc4)cc3C1[Si]2(C)C.Cc1ccc(-c2cccc3[cH-]c(C)cc23)cc1.[Cl-].[Cl-].[Zr+3]. The van der Waals surface area contributed by atoms with Gasteiger partial charge < -0.3 is 29.4 Å². The van der Waals surface area contributed by atoms with Gasteiger partial charge in [0.25, 0.3) is 0 Å². The van der Waals surface area contributed by atoms with Crippen LogP contribution in [0.1, 0.15) is 34.7 Å². The van der Waals surface area contributed by atoms with Gasteiger partial charge in [-0.1, -0.05) is 90.4 Å². The topological polar surface area (TPSA) is 4.93 Å². The molecular weight excluding hydrogens is 601 g/mol. The Hall–Kier alpha value is -2.03. The molecule has 2 bridgehead atoms. The molecule has 8 rings (SSSR count). The molecule has 4 aromatic carbocycles. The number of nitrogens with zero attached hydrogens (tertiary/aromatic N) is 1. The first-order valence-corrected chi connectivity index (χ1v) is 15.6. The van der Waals surface area contributed by atoms with Gasteiger partial charge in [0.1, 0.15) is 0 Å². The summed E-state index contributed by atoms with van der Waals surface area (Å²) in [6, 6.07) is 30.4. The average molecular weight is 633 g/mol. The van der Waals surface area contributed by atoms with Gasteiger partial charge >= 0.3 is 26.2 Å². The standard InChI is InChI=1S/C17H15.C16H17NSi.2ClH.Zr/c1-12-6-8-14(9-7-12)16-5-3-4-15-10-13(2)11-17(15)16;1-11-15-13-9-17(12-7-5-4-6-8-12)10-14(13)16(11)18(15,2)3;;;/h3-11H,1-2H3;4-10,15H,1-3H3;2*1H;/q-1;;;;+3/p-2. The zero-order chi connectivity index (χ0) is 24.3. The first-order valence-electron chi connectivity index (χ1n) is 12.6. The van der Waals surface area contributed by atoms with Crippen molar-refractivity contribution in [1.82, 2.24) is 4.57 Å². The second-order valence-corrected chi connectivity index (χ2v) is 15.3. The molecule has 191 valence electrons. The number of para-hydroxylation sites is 1. The minimum Gasteiger partial charge on any atom is -1.00 e. The molecule has 3 heterocycles. The fourth-order valence-electron chi connectivity index (χ4n) is 6.47. The number of fused-ring (bicyclic) bond motifs is 1. The van der Waals surface area contributed by atoms with Crippen LogP contribution in [0.15, 0.2) is 103 Å². The van der Waals surface area contributed by atoms with Crippen molar-refractivity contribution in [3.05, 3.63) is 125 Å². The van der Waals surface area contributed by atoms with Crippen molar-refractivity contribution in [2.45, 2.75) is 39.4 Å².